The van der Waals surface area contributed by atoms with E-state index in [0.29, 0.717) is 0 Å². The minimum atomic E-state index is -3.33. The molecule has 1 heterocycles. The summed E-state index contributed by atoms with van der Waals surface area (Å²) < 4.78 is 59.2. The number of ether oxygens (including phenoxy) is 1. The number of aromatic nitrogens is 1. The molecule has 0 aliphatic carbocycles. The summed E-state index contributed by atoms with van der Waals surface area (Å²) >= 11 is 6.26. The van der Waals surface area contributed by atoms with Gasteiger partial charge in [0.15, 0.2) is 5.82 Å². The number of para-hydroxylation sites is 1. The molecule has 3 aromatic rings. The van der Waals surface area contributed by atoms with Crippen molar-refractivity contribution < 1.29 is 37.0 Å². The zero-order valence-electron chi connectivity index (χ0n) is 19.1. The Hall–Kier alpha value is -4.17. The number of aliphatic carboxylic acids is 1. The van der Waals surface area contributed by atoms with Crippen LogP contribution in [0.2, 0.25) is 5.02 Å². The molecule has 0 aliphatic rings. The number of pyridine rings is 1. The number of carboxylic acids is 1. The van der Waals surface area contributed by atoms with Crippen LogP contribution in [-0.2, 0) is 4.79 Å². The van der Waals surface area contributed by atoms with Gasteiger partial charge in [0, 0.05) is 35.0 Å². The minimum Gasteiger partial charge on any atom is -0.491 e. The molecule has 0 saturated carbocycles. The highest BCUT2D eigenvalue weighted by Crippen LogP contribution is 2.35. The van der Waals surface area contributed by atoms with Crippen molar-refractivity contribution in [3.05, 3.63) is 76.3 Å². The summed E-state index contributed by atoms with van der Waals surface area (Å²) in [6.07, 6.45) is -5.36. The number of anilines is 1. The Morgan fingerprint density at radius 1 is 1.19 bits per heavy atom. The van der Waals surface area contributed by atoms with Crippen LogP contribution in [0.15, 0.2) is 48.7 Å². The molecule has 0 fully saturated rings. The first kappa shape index (κ1) is 27.4. The number of benzene rings is 2. The zero-order valence-corrected chi connectivity index (χ0v) is 19.8. The fraction of sp³-hybridized carbons (Fsp3) is 0.200. The summed E-state index contributed by atoms with van der Waals surface area (Å²) in [4.78, 5) is 28.7. The van der Waals surface area contributed by atoms with E-state index in [4.69, 9.17) is 21.4 Å². The Bertz CT molecular complexity index is 1380. The van der Waals surface area contributed by atoms with Crippen LogP contribution in [0.4, 0.5) is 23.2 Å². The summed E-state index contributed by atoms with van der Waals surface area (Å²) in [5, 5.41) is 18.4. The Labute approximate surface area is 213 Å². The lowest BCUT2D eigenvalue weighted by atomic mass is 9.98. The standard InChI is InChI=1S/C25H18ClF4N3O4/c1-33(23-18(27)3-2-4-20(23)37-8-7-21(34)35)25(36)13-5-6-17(26)15(9-13)16-12-32-19(10-14(16)11-31)22(28)24(29)30/h2-6,9-10,12,22,24H,7-8H2,1H3,(H,34,35). The largest absolute Gasteiger partial charge is 0.491 e. The normalized spacial score (nSPS) is 11.6. The minimum absolute atomic E-state index is 0.00514. The Morgan fingerprint density at radius 3 is 2.57 bits per heavy atom. The molecule has 1 N–H and O–H groups in total. The second-order valence-corrected chi connectivity index (χ2v) is 8.05. The van der Waals surface area contributed by atoms with Crippen LogP contribution < -0.4 is 9.64 Å². The Kier molecular flexibility index (Phi) is 8.68. The van der Waals surface area contributed by atoms with Gasteiger partial charge in [-0.15, -0.1) is 0 Å². The lowest BCUT2D eigenvalue weighted by Gasteiger charge is -2.22. The van der Waals surface area contributed by atoms with Crippen molar-refractivity contribution >= 4 is 29.2 Å². The van der Waals surface area contributed by atoms with Gasteiger partial charge in [0.2, 0.25) is 6.17 Å². The molecule has 1 unspecified atom stereocenters. The van der Waals surface area contributed by atoms with Gasteiger partial charge in [0.05, 0.1) is 30.4 Å². The van der Waals surface area contributed by atoms with Crippen molar-refractivity contribution in [1.82, 2.24) is 4.98 Å². The summed E-state index contributed by atoms with van der Waals surface area (Å²) in [5.74, 6) is -2.69. The number of hydrogen-bond donors (Lipinski definition) is 1. The fourth-order valence-corrected chi connectivity index (χ4v) is 3.62. The average molecular weight is 536 g/mol. The van der Waals surface area contributed by atoms with E-state index in [1.54, 1.807) is 6.07 Å². The topological polar surface area (TPSA) is 104 Å². The zero-order chi connectivity index (χ0) is 27.3. The molecular formula is C25H18ClF4N3O4. The number of nitrogens with zero attached hydrogens (tertiary/aromatic N) is 3. The molecular weight excluding hydrogens is 518 g/mol. The number of alkyl halides is 3. The van der Waals surface area contributed by atoms with E-state index in [-0.39, 0.29) is 51.7 Å². The summed E-state index contributed by atoms with van der Waals surface area (Å²) in [6.45, 7) is -0.260. The lowest BCUT2D eigenvalue weighted by molar-refractivity contribution is -0.137. The first-order chi connectivity index (χ1) is 17.5. The third kappa shape index (κ3) is 6.16. The molecule has 192 valence electrons. The number of nitriles is 1. The van der Waals surface area contributed by atoms with E-state index in [1.165, 1.54) is 37.4 Å². The molecule has 1 amide bonds. The van der Waals surface area contributed by atoms with Crippen molar-refractivity contribution in [3.63, 3.8) is 0 Å². The van der Waals surface area contributed by atoms with Gasteiger partial charge in [-0.05, 0) is 36.4 Å². The van der Waals surface area contributed by atoms with Crippen LogP contribution in [0.1, 0.15) is 34.2 Å². The maximum absolute atomic E-state index is 14.7. The molecule has 1 atom stereocenters. The Balaban J connectivity index is 1.99. The third-order valence-corrected chi connectivity index (χ3v) is 5.55. The van der Waals surface area contributed by atoms with Crippen LogP contribution in [0, 0.1) is 17.1 Å². The predicted molar refractivity (Wildman–Crippen MR) is 126 cm³/mol. The van der Waals surface area contributed by atoms with Gasteiger partial charge in [-0.2, -0.15) is 5.26 Å². The molecule has 0 radical (unpaired) electrons. The monoisotopic (exact) mass is 535 g/mol. The first-order valence-electron chi connectivity index (χ1n) is 10.6. The molecule has 3 rings (SSSR count). The highest BCUT2D eigenvalue weighted by atomic mass is 35.5. The van der Waals surface area contributed by atoms with E-state index in [1.807, 2.05) is 0 Å². The number of carbonyl (C=O) groups excluding carboxylic acids is 1. The predicted octanol–water partition coefficient (Wildman–Crippen LogP) is 5.82. The van der Waals surface area contributed by atoms with Gasteiger partial charge < -0.3 is 14.7 Å². The van der Waals surface area contributed by atoms with Crippen LogP contribution in [0.5, 0.6) is 5.75 Å². The van der Waals surface area contributed by atoms with Crippen molar-refractivity contribution in [2.24, 2.45) is 0 Å². The third-order valence-electron chi connectivity index (χ3n) is 5.22. The van der Waals surface area contributed by atoms with Crippen molar-refractivity contribution in [2.45, 2.75) is 19.0 Å². The van der Waals surface area contributed by atoms with Gasteiger partial charge in [-0.25, -0.2) is 17.6 Å². The molecule has 0 bridgehead atoms. The van der Waals surface area contributed by atoms with Crippen LogP contribution in [-0.4, -0.2) is 42.0 Å². The van der Waals surface area contributed by atoms with E-state index in [9.17, 15) is 32.4 Å². The van der Waals surface area contributed by atoms with Crippen LogP contribution >= 0.6 is 11.6 Å². The van der Waals surface area contributed by atoms with Crippen molar-refractivity contribution in [3.8, 4) is 22.9 Å². The average Bonchev–Trinajstić information content (AvgIpc) is 2.87. The van der Waals surface area contributed by atoms with Gasteiger partial charge in [-0.3, -0.25) is 14.6 Å². The van der Waals surface area contributed by atoms with E-state index in [0.717, 1.165) is 23.2 Å². The van der Waals surface area contributed by atoms with Crippen molar-refractivity contribution in [2.75, 3.05) is 18.6 Å². The summed E-state index contributed by atoms with van der Waals surface area (Å²) in [6, 6.07) is 10.5. The summed E-state index contributed by atoms with van der Waals surface area (Å²) in [7, 11) is 1.28. The van der Waals surface area contributed by atoms with E-state index in [2.05, 4.69) is 4.98 Å². The molecule has 0 saturated heterocycles. The number of rotatable bonds is 9. The maximum Gasteiger partial charge on any atom is 0.306 e. The van der Waals surface area contributed by atoms with E-state index < -0.39 is 36.0 Å². The second kappa shape index (κ2) is 11.7. The Morgan fingerprint density at radius 2 is 1.92 bits per heavy atom. The molecule has 0 spiro atoms. The molecule has 1 aromatic heterocycles. The number of carbonyl (C=O) groups is 2. The van der Waals surface area contributed by atoms with Gasteiger partial charge in [0.1, 0.15) is 11.4 Å². The van der Waals surface area contributed by atoms with Gasteiger partial charge >= 0.3 is 5.97 Å². The van der Waals surface area contributed by atoms with E-state index >= 15 is 0 Å². The number of carboxylic acid groups (broad SMARTS) is 1. The molecule has 0 aliphatic heterocycles. The number of amides is 1. The molecule has 7 nitrogen and oxygen atoms in total. The highest BCUT2D eigenvalue weighted by Gasteiger charge is 2.26. The quantitative estimate of drug-likeness (QED) is 0.346. The van der Waals surface area contributed by atoms with Gasteiger partial charge in [-0.1, -0.05) is 17.7 Å². The molecule has 2 aromatic carbocycles. The summed E-state index contributed by atoms with van der Waals surface area (Å²) in [5.41, 5.74) is -0.858. The molecule has 37 heavy (non-hydrogen) atoms. The van der Waals surface area contributed by atoms with Gasteiger partial charge in [0.25, 0.3) is 12.3 Å². The number of hydrogen-bond acceptors (Lipinski definition) is 5. The lowest BCUT2D eigenvalue weighted by Crippen LogP contribution is -2.28. The maximum atomic E-state index is 14.7. The van der Waals surface area contributed by atoms with Crippen LogP contribution in [0.3, 0.4) is 0 Å². The fourth-order valence-electron chi connectivity index (χ4n) is 3.40. The molecule has 12 heteroatoms. The SMILES string of the molecule is CN(C(=O)c1ccc(Cl)c(-c2cnc(C(F)C(F)F)cc2C#N)c1)c1c(F)cccc1OCCC(=O)O. The highest BCUT2D eigenvalue weighted by molar-refractivity contribution is 6.33. The first-order valence-corrected chi connectivity index (χ1v) is 11.0. The van der Waals surface area contributed by atoms with Crippen molar-refractivity contribution in [1.29, 1.82) is 5.26 Å². The smallest absolute Gasteiger partial charge is 0.306 e. The second-order valence-electron chi connectivity index (χ2n) is 7.64. The number of halogens is 5. The van der Waals surface area contributed by atoms with Crippen LogP contribution in [0.25, 0.3) is 11.1 Å².